The molecule has 0 saturated carbocycles. The highest BCUT2D eigenvalue weighted by molar-refractivity contribution is 5.97. The molecule has 0 saturated heterocycles. The summed E-state index contributed by atoms with van der Waals surface area (Å²) in [6, 6.07) is 13.8. The lowest BCUT2D eigenvalue weighted by Gasteiger charge is -2.25. The maximum atomic E-state index is 12.9. The first-order chi connectivity index (χ1) is 17.1. The Bertz CT molecular complexity index is 1050. The number of nitrogens with one attached hydrogen (secondary N) is 4. The van der Waals surface area contributed by atoms with Gasteiger partial charge in [-0.25, -0.2) is 4.79 Å². The molecule has 0 bridgehead atoms. The lowest BCUT2D eigenvalue weighted by atomic mass is 10.0. The predicted octanol–water partition coefficient (Wildman–Crippen LogP) is 2.40. The average Bonchev–Trinajstić information content (AvgIpc) is 2.85. The molecule has 9 nitrogen and oxygen atoms in total. The molecule has 2 rings (SSSR count). The second-order valence-electron chi connectivity index (χ2n) is 9.00. The van der Waals surface area contributed by atoms with Gasteiger partial charge in [0.2, 0.25) is 11.8 Å². The SMILES string of the molecule is CCNC(=O)[C@@H](NC(=O)[C@H](C)NC[C@H](Cc1ccccc1)NC(=O)c1cccc(C(=O)O)c1)C(C)C.Cl. The van der Waals surface area contributed by atoms with Crippen LogP contribution in [0.5, 0.6) is 0 Å². The maximum absolute atomic E-state index is 12.9. The Morgan fingerprint density at radius 2 is 1.51 bits per heavy atom. The molecule has 0 aliphatic carbocycles. The Morgan fingerprint density at radius 1 is 0.865 bits per heavy atom. The van der Waals surface area contributed by atoms with Crippen molar-refractivity contribution >= 4 is 36.1 Å². The zero-order valence-corrected chi connectivity index (χ0v) is 22.4. The minimum atomic E-state index is -1.11. The van der Waals surface area contributed by atoms with Crippen molar-refractivity contribution in [1.29, 1.82) is 0 Å². The lowest BCUT2D eigenvalue weighted by molar-refractivity contribution is -0.130. The van der Waals surface area contributed by atoms with E-state index in [1.54, 1.807) is 13.0 Å². The van der Waals surface area contributed by atoms with Gasteiger partial charge >= 0.3 is 5.97 Å². The number of carboxylic acids is 1. The van der Waals surface area contributed by atoms with Gasteiger partial charge in [-0.1, -0.05) is 50.2 Å². The molecule has 0 heterocycles. The monoisotopic (exact) mass is 532 g/mol. The Labute approximate surface area is 224 Å². The minimum Gasteiger partial charge on any atom is -0.478 e. The van der Waals surface area contributed by atoms with Gasteiger partial charge in [-0.2, -0.15) is 0 Å². The number of likely N-dealkylation sites (N-methyl/N-ethyl adjacent to an activating group) is 1. The third-order valence-corrected chi connectivity index (χ3v) is 5.69. The van der Waals surface area contributed by atoms with Crippen LogP contribution in [0.2, 0.25) is 0 Å². The number of rotatable bonds is 13. The van der Waals surface area contributed by atoms with E-state index in [4.69, 9.17) is 0 Å². The molecule has 0 radical (unpaired) electrons. The quantitative estimate of drug-likeness (QED) is 0.269. The van der Waals surface area contributed by atoms with Gasteiger partial charge in [0.05, 0.1) is 11.6 Å². The number of halogens is 1. The van der Waals surface area contributed by atoms with Gasteiger partial charge in [-0.3, -0.25) is 14.4 Å². The van der Waals surface area contributed by atoms with Gasteiger partial charge in [-0.05, 0) is 49.9 Å². The van der Waals surface area contributed by atoms with E-state index in [2.05, 4.69) is 21.3 Å². The number of amides is 3. The van der Waals surface area contributed by atoms with Gasteiger partial charge in [0.15, 0.2) is 0 Å². The van der Waals surface area contributed by atoms with Crippen LogP contribution in [0, 0.1) is 5.92 Å². The van der Waals surface area contributed by atoms with Gasteiger partial charge in [-0.15, -0.1) is 12.4 Å². The van der Waals surface area contributed by atoms with E-state index in [0.29, 0.717) is 13.0 Å². The summed E-state index contributed by atoms with van der Waals surface area (Å²) in [7, 11) is 0. The van der Waals surface area contributed by atoms with Crippen LogP contribution in [0.15, 0.2) is 54.6 Å². The zero-order valence-electron chi connectivity index (χ0n) is 21.6. The van der Waals surface area contributed by atoms with Crippen LogP contribution in [0.1, 0.15) is 54.0 Å². The van der Waals surface area contributed by atoms with Crippen LogP contribution in [0.3, 0.4) is 0 Å². The first-order valence-electron chi connectivity index (χ1n) is 12.1. The Balaban J connectivity index is 0.00000684. The number of carbonyl (C=O) groups is 4. The summed E-state index contributed by atoms with van der Waals surface area (Å²) in [6.07, 6.45) is 0.500. The molecular formula is C27H37ClN4O5. The van der Waals surface area contributed by atoms with Gasteiger partial charge < -0.3 is 26.4 Å². The highest BCUT2D eigenvalue weighted by Crippen LogP contribution is 2.08. The highest BCUT2D eigenvalue weighted by atomic mass is 35.5. The summed E-state index contributed by atoms with van der Waals surface area (Å²) in [5.41, 5.74) is 1.26. The van der Waals surface area contributed by atoms with Crippen molar-refractivity contribution in [1.82, 2.24) is 21.3 Å². The van der Waals surface area contributed by atoms with E-state index < -0.39 is 24.0 Å². The molecule has 202 valence electrons. The smallest absolute Gasteiger partial charge is 0.335 e. The summed E-state index contributed by atoms with van der Waals surface area (Å²) in [5.74, 6) is -2.16. The summed E-state index contributed by atoms with van der Waals surface area (Å²) in [4.78, 5) is 49.3. The fourth-order valence-corrected chi connectivity index (χ4v) is 3.64. The second-order valence-corrected chi connectivity index (χ2v) is 9.00. The number of hydrogen-bond acceptors (Lipinski definition) is 5. The van der Waals surface area contributed by atoms with E-state index in [1.807, 2.05) is 51.1 Å². The largest absolute Gasteiger partial charge is 0.478 e. The van der Waals surface area contributed by atoms with Crippen LogP contribution in [0.4, 0.5) is 0 Å². The van der Waals surface area contributed by atoms with Crippen molar-refractivity contribution in [2.24, 2.45) is 5.92 Å². The van der Waals surface area contributed by atoms with Crippen molar-refractivity contribution in [2.45, 2.75) is 52.2 Å². The van der Waals surface area contributed by atoms with Crippen LogP contribution in [-0.2, 0) is 16.0 Å². The fraction of sp³-hybridized carbons (Fsp3) is 0.407. The molecule has 0 aliphatic heterocycles. The molecule has 37 heavy (non-hydrogen) atoms. The van der Waals surface area contributed by atoms with Crippen molar-refractivity contribution in [3.63, 3.8) is 0 Å². The Kier molecular flexibility index (Phi) is 13.4. The number of carboxylic acid groups (broad SMARTS) is 1. The van der Waals surface area contributed by atoms with Crippen LogP contribution >= 0.6 is 12.4 Å². The van der Waals surface area contributed by atoms with Gasteiger partial charge in [0.25, 0.3) is 5.91 Å². The van der Waals surface area contributed by atoms with E-state index in [0.717, 1.165) is 5.56 Å². The van der Waals surface area contributed by atoms with Gasteiger partial charge in [0, 0.05) is 24.7 Å². The molecular weight excluding hydrogens is 496 g/mol. The van der Waals surface area contributed by atoms with Crippen molar-refractivity contribution in [3.05, 3.63) is 71.3 Å². The third-order valence-electron chi connectivity index (χ3n) is 5.69. The van der Waals surface area contributed by atoms with Crippen LogP contribution in [0.25, 0.3) is 0 Å². The molecule has 2 aromatic rings. The maximum Gasteiger partial charge on any atom is 0.335 e. The minimum absolute atomic E-state index is 0. The molecule has 10 heteroatoms. The molecule has 0 aliphatic rings. The zero-order chi connectivity index (χ0) is 26.7. The van der Waals surface area contributed by atoms with Crippen molar-refractivity contribution in [3.8, 4) is 0 Å². The molecule has 2 aromatic carbocycles. The normalized spacial score (nSPS) is 13.0. The summed E-state index contributed by atoms with van der Waals surface area (Å²) >= 11 is 0. The Hall–Kier alpha value is -3.43. The topological polar surface area (TPSA) is 137 Å². The molecule has 3 atom stereocenters. The standard InChI is InChI=1S/C27H36N4O5.ClH/c1-5-28-26(34)23(17(2)3)31-24(32)18(4)29-16-22(14-19-10-7-6-8-11-19)30-25(33)20-12-9-13-21(15-20)27(35)36;/h6-13,15,17-18,22-23,29H,5,14,16H2,1-4H3,(H,28,34)(H,30,33)(H,31,32)(H,35,36);1H/t18-,22-,23-;/m0./s1. The molecule has 3 amide bonds. The summed E-state index contributed by atoms with van der Waals surface area (Å²) in [6.45, 7) is 8.00. The summed E-state index contributed by atoms with van der Waals surface area (Å²) < 4.78 is 0. The number of hydrogen-bond donors (Lipinski definition) is 5. The molecule has 0 aromatic heterocycles. The molecule has 0 spiro atoms. The Morgan fingerprint density at radius 3 is 2.11 bits per heavy atom. The second kappa shape index (κ2) is 15.6. The van der Waals surface area contributed by atoms with Crippen LogP contribution < -0.4 is 21.3 Å². The number of carbonyl (C=O) groups excluding carboxylic acids is 3. The summed E-state index contributed by atoms with van der Waals surface area (Å²) in [5, 5.41) is 20.9. The third kappa shape index (κ3) is 10.2. The van der Waals surface area contributed by atoms with Gasteiger partial charge in [0.1, 0.15) is 6.04 Å². The van der Waals surface area contributed by atoms with E-state index in [9.17, 15) is 24.3 Å². The first kappa shape index (κ1) is 31.6. The predicted molar refractivity (Wildman–Crippen MR) is 145 cm³/mol. The highest BCUT2D eigenvalue weighted by Gasteiger charge is 2.26. The van der Waals surface area contributed by atoms with E-state index in [1.165, 1.54) is 18.2 Å². The molecule has 5 N–H and O–H groups in total. The molecule has 0 unspecified atom stereocenters. The lowest BCUT2D eigenvalue weighted by Crippen LogP contribution is -2.55. The van der Waals surface area contributed by atoms with E-state index >= 15 is 0 Å². The van der Waals surface area contributed by atoms with Crippen molar-refractivity contribution < 1.29 is 24.3 Å². The van der Waals surface area contributed by atoms with Crippen molar-refractivity contribution in [2.75, 3.05) is 13.1 Å². The first-order valence-corrected chi connectivity index (χ1v) is 12.1. The van der Waals surface area contributed by atoms with E-state index in [-0.39, 0.29) is 53.9 Å². The number of aromatic carboxylic acids is 1. The molecule has 0 fully saturated rings. The van der Waals surface area contributed by atoms with Crippen LogP contribution in [-0.4, -0.2) is 60.0 Å². The average molecular weight is 533 g/mol. The fourth-order valence-electron chi connectivity index (χ4n) is 3.64. The number of benzene rings is 2.